The lowest BCUT2D eigenvalue weighted by atomic mass is 10.1. The van der Waals surface area contributed by atoms with E-state index in [1.807, 2.05) is 31.2 Å². The van der Waals surface area contributed by atoms with Gasteiger partial charge in [-0.2, -0.15) is 0 Å². The summed E-state index contributed by atoms with van der Waals surface area (Å²) in [6.45, 7) is 6.85. The van der Waals surface area contributed by atoms with Crippen LogP contribution in [-0.2, 0) is 11.3 Å². The van der Waals surface area contributed by atoms with Crippen LogP contribution in [0.15, 0.2) is 48.5 Å². The first kappa shape index (κ1) is 15.4. The van der Waals surface area contributed by atoms with Gasteiger partial charge in [0.05, 0.1) is 6.61 Å². The van der Waals surface area contributed by atoms with Gasteiger partial charge in [0.1, 0.15) is 12.4 Å². The minimum atomic E-state index is 0.587. The molecule has 2 rings (SSSR count). The predicted molar refractivity (Wildman–Crippen MR) is 86.9 cm³/mol. The largest absolute Gasteiger partial charge is 0.491 e. The summed E-state index contributed by atoms with van der Waals surface area (Å²) in [5, 5.41) is 3.40. The van der Waals surface area contributed by atoms with Crippen LogP contribution in [0.3, 0.4) is 0 Å². The van der Waals surface area contributed by atoms with E-state index >= 15 is 0 Å². The van der Waals surface area contributed by atoms with Crippen LogP contribution < -0.4 is 10.1 Å². The zero-order chi connectivity index (χ0) is 14.9. The average Bonchev–Trinajstić information content (AvgIpc) is 2.52. The van der Waals surface area contributed by atoms with Gasteiger partial charge >= 0.3 is 0 Å². The van der Waals surface area contributed by atoms with Crippen molar-refractivity contribution in [2.24, 2.45) is 0 Å². The number of rotatable bonds is 8. The third-order valence-corrected chi connectivity index (χ3v) is 3.17. The Balaban J connectivity index is 1.78. The molecule has 0 bridgehead atoms. The van der Waals surface area contributed by atoms with Gasteiger partial charge in [0.2, 0.25) is 0 Å². The number of nitrogens with one attached hydrogen (secondary N) is 1. The van der Waals surface area contributed by atoms with E-state index in [0.29, 0.717) is 13.2 Å². The second kappa shape index (κ2) is 8.32. The summed E-state index contributed by atoms with van der Waals surface area (Å²) in [6, 6.07) is 16.6. The second-order valence-corrected chi connectivity index (χ2v) is 4.91. The molecule has 0 spiro atoms. The first-order chi connectivity index (χ1) is 10.3. The molecular formula is C18H23NO2. The summed E-state index contributed by atoms with van der Waals surface area (Å²) in [6.07, 6.45) is 0. The molecule has 0 aliphatic rings. The van der Waals surface area contributed by atoms with E-state index in [2.05, 4.69) is 36.5 Å². The molecule has 0 unspecified atom stereocenters. The molecule has 0 atom stereocenters. The number of anilines is 1. The van der Waals surface area contributed by atoms with E-state index in [1.165, 1.54) is 11.1 Å². The maximum Gasteiger partial charge on any atom is 0.119 e. The Kier molecular flexibility index (Phi) is 6.10. The standard InChI is InChI=1S/C18H23NO2/c1-3-20-12-13-21-18-10-8-17(9-11-18)19-14-16-6-4-15(2)5-7-16/h4-11,19H,3,12-14H2,1-2H3. The highest BCUT2D eigenvalue weighted by molar-refractivity contribution is 5.46. The van der Waals surface area contributed by atoms with Gasteiger partial charge in [0, 0.05) is 18.8 Å². The number of ether oxygens (including phenoxy) is 2. The molecule has 2 aromatic carbocycles. The summed E-state index contributed by atoms with van der Waals surface area (Å²) in [4.78, 5) is 0. The summed E-state index contributed by atoms with van der Waals surface area (Å²) in [7, 11) is 0. The summed E-state index contributed by atoms with van der Waals surface area (Å²) in [5.74, 6) is 0.871. The molecule has 0 aromatic heterocycles. The second-order valence-electron chi connectivity index (χ2n) is 4.91. The number of aryl methyl sites for hydroxylation is 1. The van der Waals surface area contributed by atoms with Crippen molar-refractivity contribution in [2.75, 3.05) is 25.1 Å². The van der Waals surface area contributed by atoms with E-state index in [0.717, 1.165) is 24.6 Å². The van der Waals surface area contributed by atoms with Crippen LogP contribution in [0.5, 0.6) is 5.75 Å². The van der Waals surface area contributed by atoms with Crippen LogP contribution in [-0.4, -0.2) is 19.8 Å². The Labute approximate surface area is 126 Å². The van der Waals surface area contributed by atoms with Crippen molar-refractivity contribution in [3.05, 3.63) is 59.7 Å². The molecular weight excluding hydrogens is 262 g/mol. The van der Waals surface area contributed by atoms with Gasteiger partial charge in [-0.05, 0) is 43.7 Å². The fourth-order valence-corrected chi connectivity index (χ4v) is 1.94. The molecule has 2 aromatic rings. The smallest absolute Gasteiger partial charge is 0.119 e. The number of hydrogen-bond acceptors (Lipinski definition) is 3. The lowest BCUT2D eigenvalue weighted by molar-refractivity contribution is 0.110. The van der Waals surface area contributed by atoms with E-state index in [9.17, 15) is 0 Å². The van der Waals surface area contributed by atoms with Crippen molar-refractivity contribution in [1.82, 2.24) is 0 Å². The highest BCUT2D eigenvalue weighted by atomic mass is 16.5. The van der Waals surface area contributed by atoms with Crippen LogP contribution in [0.2, 0.25) is 0 Å². The summed E-state index contributed by atoms with van der Waals surface area (Å²) in [5.41, 5.74) is 3.65. The third-order valence-electron chi connectivity index (χ3n) is 3.17. The van der Waals surface area contributed by atoms with Crippen LogP contribution >= 0.6 is 0 Å². The normalized spacial score (nSPS) is 10.4. The first-order valence-corrected chi connectivity index (χ1v) is 7.38. The van der Waals surface area contributed by atoms with Crippen molar-refractivity contribution in [3.8, 4) is 5.75 Å². The Bertz CT molecular complexity index is 520. The lowest BCUT2D eigenvalue weighted by Gasteiger charge is -2.09. The Morgan fingerprint density at radius 3 is 2.29 bits per heavy atom. The zero-order valence-electron chi connectivity index (χ0n) is 12.8. The molecule has 0 aliphatic heterocycles. The maximum absolute atomic E-state index is 5.59. The topological polar surface area (TPSA) is 30.5 Å². The monoisotopic (exact) mass is 285 g/mol. The van der Waals surface area contributed by atoms with Crippen LogP contribution in [0, 0.1) is 6.92 Å². The van der Waals surface area contributed by atoms with Gasteiger partial charge in [-0.25, -0.2) is 0 Å². The molecule has 112 valence electrons. The van der Waals surface area contributed by atoms with Crippen molar-refractivity contribution < 1.29 is 9.47 Å². The highest BCUT2D eigenvalue weighted by Gasteiger charge is 1.97. The molecule has 0 radical (unpaired) electrons. The van der Waals surface area contributed by atoms with Gasteiger partial charge in [0.15, 0.2) is 0 Å². The van der Waals surface area contributed by atoms with Gasteiger partial charge < -0.3 is 14.8 Å². The molecule has 0 heterocycles. The first-order valence-electron chi connectivity index (χ1n) is 7.38. The summed E-state index contributed by atoms with van der Waals surface area (Å²) < 4.78 is 10.8. The molecule has 0 saturated carbocycles. The zero-order valence-corrected chi connectivity index (χ0v) is 12.8. The lowest BCUT2D eigenvalue weighted by Crippen LogP contribution is -2.06. The Morgan fingerprint density at radius 1 is 0.905 bits per heavy atom. The van der Waals surface area contributed by atoms with Crippen LogP contribution in [0.25, 0.3) is 0 Å². The maximum atomic E-state index is 5.59. The van der Waals surface area contributed by atoms with Crippen molar-refractivity contribution in [1.29, 1.82) is 0 Å². The highest BCUT2D eigenvalue weighted by Crippen LogP contribution is 2.16. The predicted octanol–water partition coefficient (Wildman–Crippen LogP) is 4.02. The fourth-order valence-electron chi connectivity index (χ4n) is 1.94. The molecule has 21 heavy (non-hydrogen) atoms. The molecule has 3 heteroatoms. The average molecular weight is 285 g/mol. The SMILES string of the molecule is CCOCCOc1ccc(NCc2ccc(C)cc2)cc1. The van der Waals surface area contributed by atoms with Gasteiger partial charge in [-0.3, -0.25) is 0 Å². The van der Waals surface area contributed by atoms with Crippen molar-refractivity contribution in [3.63, 3.8) is 0 Å². The fraction of sp³-hybridized carbons (Fsp3) is 0.333. The van der Waals surface area contributed by atoms with Gasteiger partial charge in [-0.1, -0.05) is 29.8 Å². The van der Waals surface area contributed by atoms with Crippen LogP contribution in [0.4, 0.5) is 5.69 Å². The minimum absolute atomic E-state index is 0.587. The van der Waals surface area contributed by atoms with Gasteiger partial charge in [-0.15, -0.1) is 0 Å². The number of benzene rings is 2. The third kappa shape index (κ3) is 5.48. The van der Waals surface area contributed by atoms with E-state index in [-0.39, 0.29) is 0 Å². The Hall–Kier alpha value is -2.00. The van der Waals surface area contributed by atoms with Crippen molar-refractivity contribution in [2.45, 2.75) is 20.4 Å². The van der Waals surface area contributed by atoms with E-state index < -0.39 is 0 Å². The molecule has 0 amide bonds. The summed E-state index contributed by atoms with van der Waals surface area (Å²) >= 11 is 0. The van der Waals surface area contributed by atoms with Crippen LogP contribution in [0.1, 0.15) is 18.1 Å². The molecule has 1 N–H and O–H groups in total. The molecule has 0 saturated heterocycles. The quantitative estimate of drug-likeness (QED) is 0.743. The van der Waals surface area contributed by atoms with E-state index in [4.69, 9.17) is 9.47 Å². The van der Waals surface area contributed by atoms with E-state index in [1.54, 1.807) is 0 Å². The van der Waals surface area contributed by atoms with Gasteiger partial charge in [0.25, 0.3) is 0 Å². The van der Waals surface area contributed by atoms with Crippen molar-refractivity contribution >= 4 is 5.69 Å². The molecule has 0 aliphatic carbocycles. The minimum Gasteiger partial charge on any atom is -0.491 e. The number of hydrogen-bond donors (Lipinski definition) is 1. The molecule has 0 fully saturated rings. The Morgan fingerprint density at radius 2 is 1.62 bits per heavy atom. The molecule has 3 nitrogen and oxygen atoms in total.